The normalized spacial score (nSPS) is 17.4. The number of halogens is 1. The topological polar surface area (TPSA) is 113 Å². The van der Waals surface area contributed by atoms with Gasteiger partial charge in [-0.05, 0) is 42.7 Å². The van der Waals surface area contributed by atoms with Crippen LogP contribution < -0.4 is 20.7 Å². The zero-order chi connectivity index (χ0) is 20.9. The third-order valence-electron chi connectivity index (χ3n) is 4.75. The molecule has 1 aliphatic rings. The largest absolute Gasteiger partial charge is 0.356 e. The molecule has 8 nitrogen and oxygen atoms in total. The van der Waals surface area contributed by atoms with Crippen molar-refractivity contribution in [2.75, 3.05) is 31.6 Å². The lowest BCUT2D eigenvalue weighted by atomic mass is 10.1. The fraction of sp³-hybridized carbons (Fsp3) is 0.368. The molecule has 0 bridgehead atoms. The van der Waals surface area contributed by atoms with Crippen molar-refractivity contribution in [1.82, 2.24) is 15.6 Å². The molecule has 29 heavy (non-hydrogen) atoms. The summed E-state index contributed by atoms with van der Waals surface area (Å²) >= 11 is 6.25. The maximum absolute atomic E-state index is 11.3. The van der Waals surface area contributed by atoms with Gasteiger partial charge in [-0.3, -0.25) is 4.99 Å². The van der Waals surface area contributed by atoms with E-state index in [2.05, 4.69) is 25.5 Å². The van der Waals surface area contributed by atoms with E-state index in [1.165, 1.54) is 12.1 Å². The molecule has 1 saturated heterocycles. The summed E-state index contributed by atoms with van der Waals surface area (Å²) in [5.41, 5.74) is 1.01. The molecule has 2 heterocycles. The van der Waals surface area contributed by atoms with Crippen LogP contribution in [0.4, 0.5) is 5.82 Å². The number of benzene rings is 1. The van der Waals surface area contributed by atoms with Crippen LogP contribution in [0.3, 0.4) is 0 Å². The minimum Gasteiger partial charge on any atom is -0.356 e. The molecule has 156 valence electrons. The van der Waals surface area contributed by atoms with Gasteiger partial charge in [0.05, 0.1) is 9.92 Å². The number of primary sulfonamides is 1. The van der Waals surface area contributed by atoms with Gasteiger partial charge in [-0.25, -0.2) is 18.5 Å². The van der Waals surface area contributed by atoms with Crippen molar-refractivity contribution in [3.63, 3.8) is 0 Å². The standard InChI is InChI=1S/C19H25ClN6O2S/c1-22-19(24-11-8-14-4-6-16(7-5-14)29(21,27)28)25-15-9-12-26(13-15)18-17(20)3-2-10-23-18/h2-7,10,15H,8-9,11-13H2,1H3,(H2,21,27,28)(H2,22,24,25). The quantitative estimate of drug-likeness (QED) is 0.465. The van der Waals surface area contributed by atoms with Gasteiger partial charge < -0.3 is 15.5 Å². The molecule has 1 fully saturated rings. The Morgan fingerprint density at radius 2 is 2.10 bits per heavy atom. The highest BCUT2D eigenvalue weighted by Gasteiger charge is 2.25. The Kier molecular flexibility index (Phi) is 6.94. The Morgan fingerprint density at radius 1 is 1.34 bits per heavy atom. The molecule has 0 radical (unpaired) electrons. The van der Waals surface area contributed by atoms with Crippen molar-refractivity contribution in [1.29, 1.82) is 0 Å². The number of nitrogens with two attached hydrogens (primary N) is 1. The van der Waals surface area contributed by atoms with Crippen molar-refractivity contribution in [3.8, 4) is 0 Å². The second kappa shape index (κ2) is 9.43. The van der Waals surface area contributed by atoms with Crippen LogP contribution in [0, 0.1) is 0 Å². The van der Waals surface area contributed by atoms with Gasteiger partial charge in [0.2, 0.25) is 10.0 Å². The first-order valence-electron chi connectivity index (χ1n) is 9.31. The number of nitrogens with zero attached hydrogens (tertiary/aromatic N) is 3. The van der Waals surface area contributed by atoms with Crippen molar-refractivity contribution >= 4 is 33.4 Å². The SMILES string of the molecule is CN=C(NCCc1ccc(S(N)(=O)=O)cc1)NC1CCN(c2ncccc2Cl)C1. The number of guanidine groups is 1. The number of anilines is 1. The van der Waals surface area contributed by atoms with Gasteiger partial charge in [-0.15, -0.1) is 0 Å². The van der Waals surface area contributed by atoms with Crippen LogP contribution in [0.25, 0.3) is 0 Å². The first-order valence-corrected chi connectivity index (χ1v) is 11.2. The molecule has 0 aliphatic carbocycles. The van der Waals surface area contributed by atoms with Crippen molar-refractivity contribution in [2.24, 2.45) is 10.1 Å². The second-order valence-corrected chi connectivity index (χ2v) is 8.79. The average molecular weight is 437 g/mol. The molecule has 1 aliphatic heterocycles. The van der Waals surface area contributed by atoms with E-state index in [1.807, 2.05) is 12.1 Å². The summed E-state index contributed by atoms with van der Waals surface area (Å²) in [6.07, 6.45) is 3.44. The lowest BCUT2D eigenvalue weighted by molar-refractivity contribution is 0.598. The first kappa shape index (κ1) is 21.4. The van der Waals surface area contributed by atoms with Crippen LogP contribution in [-0.4, -0.2) is 52.1 Å². The summed E-state index contributed by atoms with van der Waals surface area (Å²) in [6.45, 7) is 2.34. The molecule has 1 aromatic heterocycles. The fourth-order valence-corrected chi connectivity index (χ4v) is 4.00. The zero-order valence-electron chi connectivity index (χ0n) is 16.2. The fourth-order valence-electron chi connectivity index (χ4n) is 3.24. The van der Waals surface area contributed by atoms with E-state index in [9.17, 15) is 8.42 Å². The Hall–Kier alpha value is -2.36. The number of hydrogen-bond donors (Lipinski definition) is 3. The highest BCUT2D eigenvalue weighted by molar-refractivity contribution is 7.89. The zero-order valence-corrected chi connectivity index (χ0v) is 17.7. The van der Waals surface area contributed by atoms with E-state index in [4.69, 9.17) is 16.7 Å². The highest BCUT2D eigenvalue weighted by Crippen LogP contribution is 2.25. The van der Waals surface area contributed by atoms with Crippen LogP contribution in [-0.2, 0) is 16.4 Å². The van der Waals surface area contributed by atoms with Crippen molar-refractivity contribution < 1.29 is 8.42 Å². The number of sulfonamides is 1. The van der Waals surface area contributed by atoms with Crippen LogP contribution in [0.15, 0.2) is 52.5 Å². The van der Waals surface area contributed by atoms with E-state index in [0.717, 1.165) is 43.3 Å². The molecule has 3 rings (SSSR count). The smallest absolute Gasteiger partial charge is 0.238 e. The molecular weight excluding hydrogens is 412 g/mol. The summed E-state index contributed by atoms with van der Waals surface area (Å²) in [4.78, 5) is 10.9. The first-order chi connectivity index (χ1) is 13.9. The highest BCUT2D eigenvalue weighted by atomic mass is 35.5. The van der Waals surface area contributed by atoms with Crippen LogP contribution in [0.5, 0.6) is 0 Å². The molecule has 1 aromatic carbocycles. The van der Waals surface area contributed by atoms with E-state index in [-0.39, 0.29) is 10.9 Å². The molecule has 0 amide bonds. The molecular formula is C19H25ClN6O2S. The molecule has 1 unspecified atom stereocenters. The predicted octanol–water partition coefficient (Wildman–Crippen LogP) is 1.37. The third-order valence-corrected chi connectivity index (χ3v) is 5.97. The number of hydrogen-bond acceptors (Lipinski definition) is 5. The van der Waals surface area contributed by atoms with Gasteiger partial charge in [0.25, 0.3) is 0 Å². The maximum Gasteiger partial charge on any atom is 0.238 e. The Balaban J connectivity index is 1.47. The molecule has 0 spiro atoms. The minimum absolute atomic E-state index is 0.116. The summed E-state index contributed by atoms with van der Waals surface area (Å²) in [6, 6.07) is 10.5. The van der Waals surface area contributed by atoms with Crippen molar-refractivity contribution in [2.45, 2.75) is 23.8 Å². The number of aliphatic imine (C=N–C) groups is 1. The lowest BCUT2D eigenvalue weighted by Crippen LogP contribution is -2.45. The van der Waals surface area contributed by atoms with Gasteiger partial charge in [-0.1, -0.05) is 23.7 Å². The van der Waals surface area contributed by atoms with Gasteiger partial charge in [0.15, 0.2) is 5.96 Å². The lowest BCUT2D eigenvalue weighted by Gasteiger charge is -2.20. The predicted molar refractivity (Wildman–Crippen MR) is 116 cm³/mol. The van der Waals surface area contributed by atoms with Gasteiger partial charge in [0.1, 0.15) is 5.82 Å². The molecule has 4 N–H and O–H groups in total. The second-order valence-electron chi connectivity index (χ2n) is 6.82. The van der Waals surface area contributed by atoms with E-state index >= 15 is 0 Å². The molecule has 10 heteroatoms. The number of rotatable bonds is 6. The summed E-state index contributed by atoms with van der Waals surface area (Å²) in [5, 5.41) is 12.5. The van der Waals surface area contributed by atoms with E-state index in [1.54, 1.807) is 25.4 Å². The number of nitrogens with one attached hydrogen (secondary N) is 2. The average Bonchev–Trinajstić information content (AvgIpc) is 3.15. The summed E-state index contributed by atoms with van der Waals surface area (Å²) in [5.74, 6) is 1.54. The van der Waals surface area contributed by atoms with Crippen LogP contribution >= 0.6 is 11.6 Å². The monoisotopic (exact) mass is 436 g/mol. The van der Waals surface area contributed by atoms with E-state index < -0.39 is 10.0 Å². The summed E-state index contributed by atoms with van der Waals surface area (Å²) < 4.78 is 22.6. The van der Waals surface area contributed by atoms with E-state index in [0.29, 0.717) is 11.6 Å². The van der Waals surface area contributed by atoms with Crippen molar-refractivity contribution in [3.05, 3.63) is 53.2 Å². The summed E-state index contributed by atoms with van der Waals surface area (Å²) in [7, 11) is -1.93. The number of aromatic nitrogens is 1. The van der Waals surface area contributed by atoms with Crippen LogP contribution in [0.2, 0.25) is 5.02 Å². The minimum atomic E-state index is -3.66. The third kappa shape index (κ3) is 5.81. The number of pyridine rings is 1. The molecule has 2 aromatic rings. The molecule has 0 saturated carbocycles. The molecule has 1 atom stereocenters. The Morgan fingerprint density at radius 3 is 2.76 bits per heavy atom. The van der Waals surface area contributed by atoms with Gasteiger partial charge >= 0.3 is 0 Å². The Labute approximate surface area is 176 Å². The van der Waals surface area contributed by atoms with Crippen LogP contribution in [0.1, 0.15) is 12.0 Å². The van der Waals surface area contributed by atoms with Gasteiger partial charge in [-0.2, -0.15) is 0 Å². The van der Waals surface area contributed by atoms with Gasteiger partial charge in [0, 0.05) is 38.9 Å². The maximum atomic E-state index is 11.3. The Bertz CT molecular complexity index is 965.